The number of ether oxygens (including phenoxy) is 2. The molecule has 0 radical (unpaired) electrons. The summed E-state index contributed by atoms with van der Waals surface area (Å²) in [5, 5.41) is 3.20. The van der Waals surface area contributed by atoms with E-state index in [1.54, 1.807) is 6.92 Å². The number of nitrogens with one attached hydrogen (secondary N) is 1. The van der Waals surface area contributed by atoms with Gasteiger partial charge in [0.1, 0.15) is 17.6 Å². The lowest BCUT2D eigenvalue weighted by molar-refractivity contribution is -0.0736. The van der Waals surface area contributed by atoms with Crippen LogP contribution in [0.3, 0.4) is 0 Å². The van der Waals surface area contributed by atoms with Crippen molar-refractivity contribution in [2.45, 2.75) is 32.1 Å². The highest BCUT2D eigenvalue weighted by atomic mass is 35.5. The standard InChI is InChI=1S/C18H20ClN3O3/c1-12-20-9-14(19)17(21-12)18(23)22-15-7-8-24-11-16(15)25-10-13-5-3-2-4-6-13/h2-6,9,15-16H,7-8,10-11H2,1H3,(H,22,23)/t15-,16-/m1/s1. The molecule has 0 aliphatic carbocycles. The van der Waals surface area contributed by atoms with Crippen LogP contribution in [0.2, 0.25) is 5.02 Å². The molecule has 1 aromatic heterocycles. The van der Waals surface area contributed by atoms with Gasteiger partial charge in [0.25, 0.3) is 5.91 Å². The monoisotopic (exact) mass is 361 g/mol. The zero-order chi connectivity index (χ0) is 17.6. The highest BCUT2D eigenvalue weighted by Crippen LogP contribution is 2.17. The molecule has 0 saturated carbocycles. The Labute approximate surface area is 151 Å². The lowest BCUT2D eigenvalue weighted by Gasteiger charge is -2.32. The lowest BCUT2D eigenvalue weighted by atomic mass is 10.1. The fourth-order valence-electron chi connectivity index (χ4n) is 2.67. The molecule has 1 aliphatic heterocycles. The number of carbonyl (C=O) groups excluding carboxylic acids is 1. The van der Waals surface area contributed by atoms with Crippen LogP contribution in [0.15, 0.2) is 36.5 Å². The molecule has 3 rings (SSSR count). The number of benzene rings is 1. The third kappa shape index (κ3) is 4.75. The number of amides is 1. The van der Waals surface area contributed by atoms with E-state index in [1.807, 2.05) is 30.3 Å². The van der Waals surface area contributed by atoms with Crippen molar-refractivity contribution in [3.8, 4) is 0 Å². The molecular weight excluding hydrogens is 342 g/mol. The Morgan fingerprint density at radius 2 is 2.20 bits per heavy atom. The highest BCUT2D eigenvalue weighted by Gasteiger charge is 2.29. The van der Waals surface area contributed by atoms with Crippen LogP contribution in [0.1, 0.15) is 28.3 Å². The Hall–Kier alpha value is -2.02. The summed E-state index contributed by atoms with van der Waals surface area (Å²) in [4.78, 5) is 20.6. The van der Waals surface area contributed by atoms with Gasteiger partial charge in [-0.2, -0.15) is 0 Å². The predicted octanol–water partition coefficient (Wildman–Crippen LogP) is 2.54. The number of carbonyl (C=O) groups is 1. The summed E-state index contributed by atoms with van der Waals surface area (Å²) in [7, 11) is 0. The lowest BCUT2D eigenvalue weighted by Crippen LogP contribution is -2.50. The predicted molar refractivity (Wildman–Crippen MR) is 93.5 cm³/mol. The van der Waals surface area contributed by atoms with E-state index in [0.29, 0.717) is 32.1 Å². The van der Waals surface area contributed by atoms with Crippen molar-refractivity contribution in [1.29, 1.82) is 0 Å². The van der Waals surface area contributed by atoms with Crippen molar-refractivity contribution in [2.75, 3.05) is 13.2 Å². The number of halogens is 1. The van der Waals surface area contributed by atoms with Crippen LogP contribution in [-0.2, 0) is 16.1 Å². The summed E-state index contributed by atoms with van der Waals surface area (Å²) >= 11 is 6.04. The first kappa shape index (κ1) is 17.8. The van der Waals surface area contributed by atoms with Crippen molar-refractivity contribution >= 4 is 17.5 Å². The first-order valence-corrected chi connectivity index (χ1v) is 8.54. The average Bonchev–Trinajstić information content (AvgIpc) is 2.64. The third-order valence-electron chi connectivity index (χ3n) is 4.01. The topological polar surface area (TPSA) is 73.3 Å². The first-order valence-electron chi connectivity index (χ1n) is 8.17. The van der Waals surface area contributed by atoms with Crippen molar-refractivity contribution in [3.05, 3.63) is 58.6 Å². The molecule has 132 valence electrons. The number of hydrogen-bond acceptors (Lipinski definition) is 5. The van der Waals surface area contributed by atoms with Crippen molar-refractivity contribution in [3.63, 3.8) is 0 Å². The van der Waals surface area contributed by atoms with Crippen LogP contribution in [0.4, 0.5) is 0 Å². The van der Waals surface area contributed by atoms with Gasteiger partial charge in [-0.1, -0.05) is 41.9 Å². The molecule has 25 heavy (non-hydrogen) atoms. The molecule has 0 spiro atoms. The molecule has 6 nitrogen and oxygen atoms in total. The number of nitrogens with zero attached hydrogens (tertiary/aromatic N) is 2. The van der Waals surface area contributed by atoms with Crippen LogP contribution in [0.25, 0.3) is 0 Å². The summed E-state index contributed by atoms with van der Waals surface area (Å²) in [5.74, 6) is 0.175. The molecule has 1 saturated heterocycles. The van der Waals surface area contributed by atoms with Gasteiger partial charge in [0.05, 0.1) is 30.5 Å². The number of aromatic nitrogens is 2. The Kier molecular flexibility index (Phi) is 5.96. The minimum Gasteiger partial charge on any atom is -0.379 e. The highest BCUT2D eigenvalue weighted by molar-refractivity contribution is 6.33. The summed E-state index contributed by atoms with van der Waals surface area (Å²) in [6.45, 7) is 3.20. The number of aryl methyl sites for hydroxylation is 1. The van der Waals surface area contributed by atoms with E-state index < -0.39 is 0 Å². The fraction of sp³-hybridized carbons (Fsp3) is 0.389. The van der Waals surface area contributed by atoms with Gasteiger partial charge in [-0.3, -0.25) is 4.79 Å². The Morgan fingerprint density at radius 1 is 1.40 bits per heavy atom. The molecule has 1 aromatic carbocycles. The van der Waals surface area contributed by atoms with E-state index in [1.165, 1.54) is 6.20 Å². The molecule has 1 fully saturated rings. The SMILES string of the molecule is Cc1ncc(Cl)c(C(=O)N[C@@H]2CCOC[C@H]2OCc2ccccc2)n1. The summed E-state index contributed by atoms with van der Waals surface area (Å²) in [6, 6.07) is 9.74. The minimum atomic E-state index is -0.323. The minimum absolute atomic E-state index is 0.156. The molecule has 2 aromatic rings. The van der Waals surface area contributed by atoms with Crippen molar-refractivity contribution in [1.82, 2.24) is 15.3 Å². The molecule has 1 N–H and O–H groups in total. The number of rotatable bonds is 5. The maximum absolute atomic E-state index is 12.5. The van der Waals surface area contributed by atoms with Crippen LogP contribution in [0.5, 0.6) is 0 Å². The van der Waals surface area contributed by atoms with E-state index in [0.717, 1.165) is 5.56 Å². The Bertz CT molecular complexity index is 727. The van der Waals surface area contributed by atoms with E-state index >= 15 is 0 Å². The maximum Gasteiger partial charge on any atom is 0.271 e. The molecule has 1 amide bonds. The van der Waals surface area contributed by atoms with E-state index in [9.17, 15) is 4.79 Å². The van der Waals surface area contributed by atoms with Gasteiger partial charge in [0.2, 0.25) is 0 Å². The largest absolute Gasteiger partial charge is 0.379 e. The van der Waals surface area contributed by atoms with Gasteiger partial charge < -0.3 is 14.8 Å². The average molecular weight is 362 g/mol. The van der Waals surface area contributed by atoms with Gasteiger partial charge in [-0.05, 0) is 18.9 Å². The van der Waals surface area contributed by atoms with Gasteiger partial charge in [-0.25, -0.2) is 9.97 Å². The smallest absolute Gasteiger partial charge is 0.271 e. The molecule has 0 unspecified atom stereocenters. The second-order valence-electron chi connectivity index (χ2n) is 5.89. The van der Waals surface area contributed by atoms with E-state index in [-0.39, 0.29) is 28.8 Å². The maximum atomic E-state index is 12.5. The van der Waals surface area contributed by atoms with Crippen molar-refractivity contribution in [2.24, 2.45) is 0 Å². The van der Waals surface area contributed by atoms with Gasteiger partial charge in [0.15, 0.2) is 0 Å². The molecular formula is C18H20ClN3O3. The fourth-order valence-corrected chi connectivity index (χ4v) is 2.85. The van der Waals surface area contributed by atoms with Crippen LogP contribution in [-0.4, -0.2) is 41.2 Å². The van der Waals surface area contributed by atoms with Crippen molar-refractivity contribution < 1.29 is 14.3 Å². The molecule has 7 heteroatoms. The summed E-state index contributed by atoms with van der Waals surface area (Å²) in [6.07, 6.45) is 1.89. The summed E-state index contributed by atoms with van der Waals surface area (Å²) in [5.41, 5.74) is 1.26. The van der Waals surface area contributed by atoms with Gasteiger partial charge in [-0.15, -0.1) is 0 Å². The zero-order valence-electron chi connectivity index (χ0n) is 13.9. The zero-order valence-corrected chi connectivity index (χ0v) is 14.7. The number of hydrogen-bond donors (Lipinski definition) is 1. The summed E-state index contributed by atoms with van der Waals surface area (Å²) < 4.78 is 11.5. The van der Waals surface area contributed by atoms with Gasteiger partial charge >= 0.3 is 0 Å². The van der Waals surface area contributed by atoms with Crippen LogP contribution in [0, 0.1) is 6.92 Å². The molecule has 1 aliphatic rings. The van der Waals surface area contributed by atoms with Crippen LogP contribution >= 0.6 is 11.6 Å². The Balaban J connectivity index is 1.64. The molecule has 0 bridgehead atoms. The molecule has 2 heterocycles. The van der Waals surface area contributed by atoms with Gasteiger partial charge in [0, 0.05) is 6.61 Å². The second kappa shape index (κ2) is 8.38. The van der Waals surface area contributed by atoms with E-state index in [2.05, 4.69) is 15.3 Å². The second-order valence-corrected chi connectivity index (χ2v) is 6.30. The third-order valence-corrected chi connectivity index (χ3v) is 4.28. The Morgan fingerprint density at radius 3 is 3.00 bits per heavy atom. The normalized spacial score (nSPS) is 20.2. The van der Waals surface area contributed by atoms with E-state index in [4.69, 9.17) is 21.1 Å². The quantitative estimate of drug-likeness (QED) is 0.886. The first-order chi connectivity index (χ1) is 12.1. The van der Waals surface area contributed by atoms with Crippen LogP contribution < -0.4 is 5.32 Å². The molecule has 2 atom stereocenters.